The van der Waals surface area contributed by atoms with E-state index in [0.717, 1.165) is 25.7 Å². The number of nitrogens with zero attached hydrogens (tertiary/aromatic N) is 1. The number of carbonyl (C=O) groups excluding carboxylic acids is 1. The first-order valence-corrected chi connectivity index (χ1v) is 7.93. The van der Waals surface area contributed by atoms with Crippen molar-refractivity contribution in [3.05, 3.63) is 27.8 Å². The fourth-order valence-electron chi connectivity index (χ4n) is 3.18. The highest BCUT2D eigenvalue weighted by molar-refractivity contribution is 5.99. The van der Waals surface area contributed by atoms with Crippen LogP contribution in [0.1, 0.15) is 36.0 Å². The summed E-state index contributed by atoms with van der Waals surface area (Å²) in [6.45, 7) is 0.303. The number of nitrogens with one attached hydrogen (secondary N) is 1. The third-order valence-corrected chi connectivity index (χ3v) is 4.48. The van der Waals surface area contributed by atoms with Gasteiger partial charge in [-0.3, -0.25) is 14.9 Å². The van der Waals surface area contributed by atoms with Gasteiger partial charge in [0.05, 0.1) is 25.2 Å². The summed E-state index contributed by atoms with van der Waals surface area (Å²) in [6.07, 6.45) is 4.26. The van der Waals surface area contributed by atoms with Crippen LogP contribution < -0.4 is 20.5 Å². The molecule has 1 atom stereocenters. The first kappa shape index (κ1) is 18.0. The summed E-state index contributed by atoms with van der Waals surface area (Å²) in [6, 6.07) is 2.34. The van der Waals surface area contributed by atoms with Gasteiger partial charge in [-0.05, 0) is 18.8 Å². The lowest BCUT2D eigenvalue weighted by molar-refractivity contribution is -0.385. The second-order valence-corrected chi connectivity index (χ2v) is 5.84. The summed E-state index contributed by atoms with van der Waals surface area (Å²) < 4.78 is 10.2. The van der Waals surface area contributed by atoms with Crippen molar-refractivity contribution < 1.29 is 19.2 Å². The second-order valence-electron chi connectivity index (χ2n) is 5.84. The fraction of sp³-hybridized carbons (Fsp3) is 0.562. The Balaban J connectivity index is 2.31. The second kappa shape index (κ2) is 7.96. The van der Waals surface area contributed by atoms with Crippen molar-refractivity contribution in [3.63, 3.8) is 0 Å². The van der Waals surface area contributed by atoms with Crippen LogP contribution in [0.5, 0.6) is 11.5 Å². The van der Waals surface area contributed by atoms with Crippen LogP contribution in [-0.4, -0.2) is 37.6 Å². The summed E-state index contributed by atoms with van der Waals surface area (Å²) in [4.78, 5) is 23.3. The third-order valence-electron chi connectivity index (χ3n) is 4.48. The molecule has 1 aromatic rings. The standard InChI is InChI=1S/C16H23N3O5/c1-23-14-7-11(13(19(21)22)8-15(14)24-2)16(20)18-12(9-17)10-5-3-4-6-10/h7-8,10,12H,3-6,9,17H2,1-2H3,(H,18,20). The molecule has 1 aliphatic carbocycles. The lowest BCUT2D eigenvalue weighted by Crippen LogP contribution is -2.44. The minimum absolute atomic E-state index is 0.0610. The van der Waals surface area contributed by atoms with Crippen molar-refractivity contribution in [2.75, 3.05) is 20.8 Å². The predicted octanol–water partition coefficient (Wildman–Crippen LogP) is 1.86. The number of benzene rings is 1. The molecule has 1 saturated carbocycles. The molecule has 0 aromatic heterocycles. The Morgan fingerprint density at radius 2 is 1.92 bits per heavy atom. The largest absolute Gasteiger partial charge is 0.493 e. The Labute approximate surface area is 140 Å². The van der Waals surface area contributed by atoms with Crippen molar-refractivity contribution >= 4 is 11.6 Å². The zero-order valence-electron chi connectivity index (χ0n) is 13.9. The molecular weight excluding hydrogens is 314 g/mol. The number of hydrogen-bond donors (Lipinski definition) is 2. The van der Waals surface area contributed by atoms with Gasteiger partial charge in [0.15, 0.2) is 11.5 Å². The average molecular weight is 337 g/mol. The van der Waals surface area contributed by atoms with Crippen LogP contribution in [0.2, 0.25) is 0 Å². The molecule has 8 nitrogen and oxygen atoms in total. The molecule has 1 fully saturated rings. The van der Waals surface area contributed by atoms with Crippen LogP contribution in [0, 0.1) is 16.0 Å². The minimum Gasteiger partial charge on any atom is -0.493 e. The third kappa shape index (κ3) is 3.76. The number of rotatable bonds is 7. The van der Waals surface area contributed by atoms with E-state index in [1.54, 1.807) is 0 Å². The minimum atomic E-state index is -0.607. The van der Waals surface area contributed by atoms with Crippen molar-refractivity contribution in [1.29, 1.82) is 0 Å². The normalized spacial score (nSPS) is 15.8. The van der Waals surface area contributed by atoms with Gasteiger partial charge >= 0.3 is 0 Å². The smallest absolute Gasteiger partial charge is 0.286 e. The number of methoxy groups -OCH3 is 2. The number of amides is 1. The van der Waals surface area contributed by atoms with Crippen LogP contribution in [0.4, 0.5) is 5.69 Å². The maximum Gasteiger partial charge on any atom is 0.286 e. The topological polar surface area (TPSA) is 117 Å². The summed E-state index contributed by atoms with van der Waals surface area (Å²) in [5.74, 6) is 0.258. The van der Waals surface area contributed by atoms with Crippen molar-refractivity contribution in [2.24, 2.45) is 11.7 Å². The van der Waals surface area contributed by atoms with Crippen molar-refractivity contribution in [3.8, 4) is 11.5 Å². The molecule has 2 rings (SSSR count). The Bertz CT molecular complexity index is 614. The molecule has 0 heterocycles. The van der Waals surface area contributed by atoms with E-state index < -0.39 is 10.8 Å². The monoisotopic (exact) mass is 337 g/mol. The summed E-state index contributed by atoms with van der Waals surface area (Å²) in [5, 5.41) is 14.2. The summed E-state index contributed by atoms with van der Waals surface area (Å²) in [5.41, 5.74) is 5.40. The van der Waals surface area contributed by atoms with Gasteiger partial charge in [-0.1, -0.05) is 12.8 Å². The van der Waals surface area contributed by atoms with Crippen molar-refractivity contribution in [1.82, 2.24) is 5.32 Å². The number of nitrogens with two attached hydrogens (primary N) is 1. The van der Waals surface area contributed by atoms with Crippen LogP contribution in [0.3, 0.4) is 0 Å². The quantitative estimate of drug-likeness (QED) is 0.579. The van der Waals surface area contributed by atoms with Crippen LogP contribution in [-0.2, 0) is 0 Å². The SMILES string of the molecule is COc1cc(C(=O)NC(CN)C2CCCC2)c([N+](=O)[O-])cc1OC. The lowest BCUT2D eigenvalue weighted by Gasteiger charge is -2.23. The molecule has 24 heavy (non-hydrogen) atoms. The van der Waals surface area contributed by atoms with E-state index in [0.29, 0.717) is 12.5 Å². The van der Waals surface area contributed by atoms with Crippen LogP contribution in [0.15, 0.2) is 12.1 Å². The average Bonchev–Trinajstić information content (AvgIpc) is 3.12. The molecule has 0 radical (unpaired) electrons. The van der Waals surface area contributed by atoms with E-state index >= 15 is 0 Å². The molecule has 132 valence electrons. The highest BCUT2D eigenvalue weighted by atomic mass is 16.6. The van der Waals surface area contributed by atoms with E-state index in [-0.39, 0.29) is 28.8 Å². The molecule has 1 unspecified atom stereocenters. The van der Waals surface area contributed by atoms with Gasteiger partial charge in [0.2, 0.25) is 0 Å². The molecular formula is C16H23N3O5. The zero-order chi connectivity index (χ0) is 17.7. The van der Waals surface area contributed by atoms with Crippen LogP contribution in [0.25, 0.3) is 0 Å². The number of hydrogen-bond acceptors (Lipinski definition) is 6. The maximum absolute atomic E-state index is 12.6. The van der Waals surface area contributed by atoms with Gasteiger partial charge in [0, 0.05) is 18.7 Å². The van der Waals surface area contributed by atoms with Gasteiger partial charge < -0.3 is 20.5 Å². The molecule has 1 aliphatic rings. The number of nitro groups is 1. The van der Waals surface area contributed by atoms with E-state index in [1.807, 2.05) is 0 Å². The Morgan fingerprint density at radius 3 is 2.42 bits per heavy atom. The van der Waals surface area contributed by atoms with E-state index in [9.17, 15) is 14.9 Å². The number of nitro benzene ring substituents is 1. The van der Waals surface area contributed by atoms with Gasteiger partial charge in [0.1, 0.15) is 5.56 Å². The molecule has 0 aliphatic heterocycles. The molecule has 3 N–H and O–H groups in total. The van der Waals surface area contributed by atoms with Crippen molar-refractivity contribution in [2.45, 2.75) is 31.7 Å². The summed E-state index contributed by atoms with van der Waals surface area (Å²) >= 11 is 0. The van der Waals surface area contributed by atoms with Crippen LogP contribution >= 0.6 is 0 Å². The molecule has 0 spiro atoms. The first-order chi connectivity index (χ1) is 11.5. The van der Waals surface area contributed by atoms with Gasteiger partial charge in [0.25, 0.3) is 11.6 Å². The Morgan fingerprint density at radius 1 is 1.33 bits per heavy atom. The fourth-order valence-corrected chi connectivity index (χ4v) is 3.18. The molecule has 8 heteroatoms. The Hall–Kier alpha value is -2.35. The highest BCUT2D eigenvalue weighted by Crippen LogP contribution is 2.35. The number of ether oxygens (including phenoxy) is 2. The maximum atomic E-state index is 12.6. The molecule has 1 aromatic carbocycles. The van der Waals surface area contributed by atoms with Gasteiger partial charge in [-0.25, -0.2) is 0 Å². The highest BCUT2D eigenvalue weighted by Gasteiger charge is 2.29. The molecule has 1 amide bonds. The zero-order valence-corrected chi connectivity index (χ0v) is 13.9. The number of carbonyl (C=O) groups is 1. The van der Waals surface area contributed by atoms with E-state index in [1.165, 1.54) is 26.4 Å². The first-order valence-electron chi connectivity index (χ1n) is 7.93. The Kier molecular flexibility index (Phi) is 5.97. The van der Waals surface area contributed by atoms with Gasteiger partial charge in [-0.15, -0.1) is 0 Å². The molecule has 0 saturated heterocycles. The lowest BCUT2D eigenvalue weighted by atomic mass is 9.97. The molecule has 0 bridgehead atoms. The van der Waals surface area contributed by atoms with E-state index in [2.05, 4.69) is 5.32 Å². The summed E-state index contributed by atoms with van der Waals surface area (Å²) in [7, 11) is 2.79. The van der Waals surface area contributed by atoms with Gasteiger partial charge in [-0.2, -0.15) is 0 Å². The predicted molar refractivity (Wildman–Crippen MR) is 88.5 cm³/mol. The van der Waals surface area contributed by atoms with E-state index in [4.69, 9.17) is 15.2 Å².